The van der Waals surface area contributed by atoms with Gasteiger partial charge in [-0.15, -0.1) is 0 Å². The molecule has 0 aliphatic carbocycles. The molecule has 0 fully saturated rings. The largest absolute Gasteiger partial charge is 0.504 e. The topological polar surface area (TPSA) is 93.1 Å². The van der Waals surface area contributed by atoms with Gasteiger partial charge in [0.1, 0.15) is 0 Å². The standard InChI is InChI=1S/C21H20O6.H4Si/c1-26-20-11-14(5-9-18(20)24)3-7-16(22)13-17(23)8-4-15-6-10-19(25)21(12-15)27-2;/h3-12,24-25H,13H2,1-2H3;1H4/b7-3+,8-4+;. The van der Waals surface area contributed by atoms with Crippen LogP contribution in [0.15, 0.2) is 48.6 Å². The fourth-order valence-corrected chi connectivity index (χ4v) is 2.26. The van der Waals surface area contributed by atoms with Gasteiger partial charge in [0.05, 0.1) is 20.6 Å². The van der Waals surface area contributed by atoms with Crippen LogP contribution in [-0.4, -0.2) is 47.0 Å². The summed E-state index contributed by atoms with van der Waals surface area (Å²) in [5.74, 6) is -0.0832. The van der Waals surface area contributed by atoms with Crippen molar-refractivity contribution in [3.05, 3.63) is 59.7 Å². The lowest BCUT2D eigenvalue weighted by molar-refractivity contribution is -0.121. The number of methoxy groups -OCH3 is 2. The van der Waals surface area contributed by atoms with Crippen LogP contribution in [0, 0.1) is 0 Å². The number of allylic oxidation sites excluding steroid dienone is 2. The first kappa shape index (κ1) is 22.7. The second-order valence-corrected chi connectivity index (χ2v) is 5.64. The number of carbonyl (C=O) groups excluding carboxylic acids is 2. The van der Waals surface area contributed by atoms with E-state index in [1.165, 1.54) is 38.5 Å². The van der Waals surface area contributed by atoms with Crippen molar-refractivity contribution in [2.24, 2.45) is 0 Å². The molecule has 0 amide bonds. The van der Waals surface area contributed by atoms with Crippen molar-refractivity contribution in [2.45, 2.75) is 6.42 Å². The van der Waals surface area contributed by atoms with Crippen LogP contribution in [0.5, 0.6) is 23.0 Å². The second kappa shape index (κ2) is 10.7. The predicted octanol–water partition coefficient (Wildman–Crippen LogP) is 1.92. The highest BCUT2D eigenvalue weighted by molar-refractivity contribution is 6.10. The SMILES string of the molecule is COc1cc(/C=C/C(=O)CC(=O)/C=C/c2ccc(O)c(OC)c2)ccc1O.[SiH4]. The van der Waals surface area contributed by atoms with Crippen molar-refractivity contribution >= 4 is 34.7 Å². The molecule has 148 valence electrons. The zero-order chi connectivity index (χ0) is 19.8. The van der Waals surface area contributed by atoms with Gasteiger partial charge in [-0.2, -0.15) is 0 Å². The Balaban J connectivity index is 0.00000392. The van der Waals surface area contributed by atoms with Gasteiger partial charge < -0.3 is 19.7 Å². The highest BCUT2D eigenvalue weighted by Crippen LogP contribution is 2.27. The summed E-state index contributed by atoms with van der Waals surface area (Å²) < 4.78 is 10.00. The van der Waals surface area contributed by atoms with E-state index in [0.29, 0.717) is 22.6 Å². The third-order valence-corrected chi connectivity index (χ3v) is 3.68. The number of ether oxygens (including phenoxy) is 2. The average Bonchev–Trinajstić information content (AvgIpc) is 2.66. The van der Waals surface area contributed by atoms with E-state index < -0.39 is 0 Å². The lowest BCUT2D eigenvalue weighted by atomic mass is 10.1. The maximum atomic E-state index is 11.9. The molecular weight excluding hydrogens is 376 g/mol. The summed E-state index contributed by atoms with van der Waals surface area (Å²) in [6.45, 7) is 0. The summed E-state index contributed by atoms with van der Waals surface area (Å²) in [7, 11) is 2.87. The van der Waals surface area contributed by atoms with E-state index >= 15 is 0 Å². The molecule has 2 rings (SSSR count). The molecule has 7 heteroatoms. The number of benzene rings is 2. The molecule has 0 aliphatic heterocycles. The number of carbonyl (C=O) groups is 2. The number of ketones is 2. The summed E-state index contributed by atoms with van der Waals surface area (Å²) >= 11 is 0. The fourth-order valence-electron chi connectivity index (χ4n) is 2.26. The molecule has 0 spiro atoms. The van der Waals surface area contributed by atoms with E-state index in [9.17, 15) is 19.8 Å². The van der Waals surface area contributed by atoms with E-state index in [1.807, 2.05) is 0 Å². The molecule has 0 unspecified atom stereocenters. The van der Waals surface area contributed by atoms with E-state index in [-0.39, 0.29) is 40.5 Å². The van der Waals surface area contributed by atoms with Crippen molar-refractivity contribution in [3.8, 4) is 23.0 Å². The summed E-state index contributed by atoms with van der Waals surface area (Å²) in [6.07, 6.45) is 5.44. The van der Waals surface area contributed by atoms with Crippen molar-refractivity contribution in [3.63, 3.8) is 0 Å². The van der Waals surface area contributed by atoms with Gasteiger partial charge in [0.2, 0.25) is 0 Å². The normalized spacial score (nSPS) is 10.6. The van der Waals surface area contributed by atoms with Crippen LogP contribution < -0.4 is 9.47 Å². The lowest BCUT2D eigenvalue weighted by Gasteiger charge is -2.03. The van der Waals surface area contributed by atoms with Crippen LogP contribution in [0.2, 0.25) is 0 Å². The van der Waals surface area contributed by atoms with Crippen molar-refractivity contribution in [1.82, 2.24) is 0 Å². The second-order valence-electron chi connectivity index (χ2n) is 5.64. The van der Waals surface area contributed by atoms with Crippen LogP contribution in [0.3, 0.4) is 0 Å². The summed E-state index contributed by atoms with van der Waals surface area (Å²) in [6, 6.07) is 9.34. The molecule has 2 aromatic rings. The zero-order valence-electron chi connectivity index (χ0n) is 15.0. The number of hydrogen-bond donors (Lipinski definition) is 2. The highest BCUT2D eigenvalue weighted by Gasteiger charge is 2.06. The molecular formula is C21H24O6Si. The smallest absolute Gasteiger partial charge is 0.163 e. The Bertz CT molecular complexity index is 828. The highest BCUT2D eigenvalue weighted by atomic mass is 28.1. The molecule has 28 heavy (non-hydrogen) atoms. The Labute approximate surface area is 167 Å². The summed E-state index contributed by atoms with van der Waals surface area (Å²) in [5, 5.41) is 19.1. The molecule has 0 bridgehead atoms. The van der Waals surface area contributed by atoms with Crippen LogP contribution in [0.1, 0.15) is 17.5 Å². The maximum Gasteiger partial charge on any atom is 0.163 e. The molecule has 0 saturated heterocycles. The van der Waals surface area contributed by atoms with Gasteiger partial charge >= 0.3 is 0 Å². The van der Waals surface area contributed by atoms with Gasteiger partial charge in [-0.05, 0) is 58.5 Å². The molecule has 2 aromatic carbocycles. The van der Waals surface area contributed by atoms with Crippen LogP contribution in [-0.2, 0) is 9.59 Å². The van der Waals surface area contributed by atoms with Gasteiger partial charge in [0.25, 0.3) is 0 Å². The Morgan fingerprint density at radius 2 is 1.21 bits per heavy atom. The van der Waals surface area contributed by atoms with E-state index in [1.54, 1.807) is 36.4 Å². The Morgan fingerprint density at radius 1 is 0.821 bits per heavy atom. The Morgan fingerprint density at radius 3 is 1.57 bits per heavy atom. The molecule has 0 saturated carbocycles. The van der Waals surface area contributed by atoms with E-state index in [0.717, 1.165) is 0 Å². The summed E-state index contributed by atoms with van der Waals surface area (Å²) in [4.78, 5) is 23.9. The number of rotatable bonds is 8. The minimum Gasteiger partial charge on any atom is -0.504 e. The van der Waals surface area contributed by atoms with E-state index in [4.69, 9.17) is 9.47 Å². The minimum absolute atomic E-state index is 0. The first-order valence-corrected chi connectivity index (χ1v) is 8.08. The van der Waals surface area contributed by atoms with E-state index in [2.05, 4.69) is 0 Å². The van der Waals surface area contributed by atoms with Crippen molar-refractivity contribution in [1.29, 1.82) is 0 Å². The quantitative estimate of drug-likeness (QED) is 0.400. The number of hydrogen-bond acceptors (Lipinski definition) is 6. The van der Waals surface area contributed by atoms with Gasteiger partial charge in [-0.1, -0.05) is 24.3 Å². The zero-order valence-corrected chi connectivity index (χ0v) is 15.0. The van der Waals surface area contributed by atoms with Gasteiger partial charge in [-0.25, -0.2) is 0 Å². The third kappa shape index (κ3) is 6.44. The molecule has 0 atom stereocenters. The molecule has 0 aromatic heterocycles. The number of phenols is 2. The lowest BCUT2D eigenvalue weighted by Crippen LogP contribution is -2.01. The monoisotopic (exact) mass is 400 g/mol. The minimum atomic E-state index is -0.347. The van der Waals surface area contributed by atoms with Gasteiger partial charge in [0, 0.05) is 0 Å². The Kier molecular flexibility index (Phi) is 8.71. The first-order valence-electron chi connectivity index (χ1n) is 8.08. The van der Waals surface area contributed by atoms with Gasteiger partial charge in [0.15, 0.2) is 34.6 Å². The average molecular weight is 401 g/mol. The van der Waals surface area contributed by atoms with Crippen LogP contribution in [0.4, 0.5) is 0 Å². The molecule has 0 heterocycles. The number of aromatic hydroxyl groups is 2. The fraction of sp³-hybridized carbons (Fsp3) is 0.143. The predicted molar refractivity (Wildman–Crippen MR) is 113 cm³/mol. The molecule has 2 N–H and O–H groups in total. The third-order valence-electron chi connectivity index (χ3n) is 3.68. The van der Waals surface area contributed by atoms with Gasteiger partial charge in [-0.3, -0.25) is 9.59 Å². The first-order chi connectivity index (χ1) is 12.9. The molecule has 0 radical (unpaired) electrons. The Hall–Kier alpha value is -3.32. The molecule has 0 aliphatic rings. The van der Waals surface area contributed by atoms with Crippen molar-refractivity contribution in [2.75, 3.05) is 14.2 Å². The van der Waals surface area contributed by atoms with Crippen LogP contribution in [0.25, 0.3) is 12.2 Å². The van der Waals surface area contributed by atoms with Crippen molar-refractivity contribution < 1.29 is 29.3 Å². The summed E-state index contributed by atoms with van der Waals surface area (Å²) in [5.41, 5.74) is 1.33. The number of phenolic OH excluding ortho intramolecular Hbond substituents is 2. The maximum absolute atomic E-state index is 11.9. The molecule has 6 nitrogen and oxygen atoms in total. The van der Waals surface area contributed by atoms with Crippen LogP contribution >= 0.6 is 0 Å².